The van der Waals surface area contributed by atoms with Crippen molar-refractivity contribution in [2.75, 3.05) is 13.6 Å². The van der Waals surface area contributed by atoms with Gasteiger partial charge < -0.3 is 0 Å². The number of aryl methyl sites for hydroxylation is 1. The first-order valence-corrected chi connectivity index (χ1v) is 9.60. The first-order valence-electron chi connectivity index (χ1n) is 8.16. The zero-order valence-electron chi connectivity index (χ0n) is 14.4. The lowest BCUT2D eigenvalue weighted by Gasteiger charge is -2.19. The quantitative estimate of drug-likeness (QED) is 0.827. The Morgan fingerprint density at radius 3 is 2.42 bits per heavy atom. The van der Waals surface area contributed by atoms with E-state index in [0.717, 1.165) is 41.3 Å². The van der Waals surface area contributed by atoms with E-state index in [1.807, 2.05) is 6.92 Å². The predicted molar refractivity (Wildman–Crippen MR) is 94.2 cm³/mol. The molecular formula is C17H25N3O3S. The molecule has 2 rings (SSSR count). The molecule has 1 saturated carbocycles. The third-order valence-corrected chi connectivity index (χ3v) is 6.10. The molecule has 0 unspecified atom stereocenters. The molecule has 0 aliphatic heterocycles. The van der Waals surface area contributed by atoms with Gasteiger partial charge in [0.25, 0.3) is 5.91 Å². The second kappa shape index (κ2) is 7.90. The number of sulfonamides is 1. The van der Waals surface area contributed by atoms with Crippen molar-refractivity contribution in [3.63, 3.8) is 0 Å². The highest BCUT2D eigenvalue weighted by Crippen LogP contribution is 2.21. The standard InChI is InChI=1S/C17H25N3O3S/c1-13-4-8-15(9-5-13)18-19-17(21)12-20(3)24(22,23)16-10-6-14(2)7-11-16/h6-7,10-11,13H,4-5,8-9,12H2,1-3H3,(H,19,21). The van der Waals surface area contributed by atoms with Crippen LogP contribution < -0.4 is 5.43 Å². The van der Waals surface area contributed by atoms with Crippen molar-refractivity contribution in [2.24, 2.45) is 11.0 Å². The normalized spacial score (nSPS) is 18.5. The van der Waals surface area contributed by atoms with Gasteiger partial charge in [0.15, 0.2) is 0 Å². The summed E-state index contributed by atoms with van der Waals surface area (Å²) in [5, 5.41) is 4.13. The zero-order valence-corrected chi connectivity index (χ0v) is 15.3. The largest absolute Gasteiger partial charge is 0.272 e. The fraction of sp³-hybridized carbons (Fsp3) is 0.529. The summed E-state index contributed by atoms with van der Waals surface area (Å²) in [7, 11) is -2.28. The summed E-state index contributed by atoms with van der Waals surface area (Å²) in [6.07, 6.45) is 3.94. The molecule has 1 N–H and O–H groups in total. The van der Waals surface area contributed by atoms with Crippen LogP contribution in [0.2, 0.25) is 0 Å². The van der Waals surface area contributed by atoms with Crippen molar-refractivity contribution < 1.29 is 13.2 Å². The van der Waals surface area contributed by atoms with Crippen molar-refractivity contribution in [3.8, 4) is 0 Å². The molecule has 1 aromatic rings. The Labute approximate surface area is 144 Å². The molecule has 24 heavy (non-hydrogen) atoms. The van der Waals surface area contributed by atoms with Crippen LogP contribution >= 0.6 is 0 Å². The van der Waals surface area contributed by atoms with E-state index < -0.39 is 15.9 Å². The summed E-state index contributed by atoms with van der Waals surface area (Å²) in [5.41, 5.74) is 4.43. The van der Waals surface area contributed by atoms with Crippen LogP contribution in [0, 0.1) is 12.8 Å². The van der Waals surface area contributed by atoms with Gasteiger partial charge in [0.05, 0.1) is 11.4 Å². The molecule has 1 amide bonds. The van der Waals surface area contributed by atoms with E-state index in [4.69, 9.17) is 0 Å². The van der Waals surface area contributed by atoms with Crippen LogP contribution in [0.4, 0.5) is 0 Å². The lowest BCUT2D eigenvalue weighted by Crippen LogP contribution is -2.37. The first kappa shape index (κ1) is 18.6. The van der Waals surface area contributed by atoms with Crippen LogP contribution in [-0.2, 0) is 14.8 Å². The number of hydrogen-bond donors (Lipinski definition) is 1. The van der Waals surface area contributed by atoms with Gasteiger partial charge in [0, 0.05) is 12.8 Å². The number of likely N-dealkylation sites (N-methyl/N-ethyl adjacent to an activating group) is 1. The Hall–Kier alpha value is -1.73. The number of nitrogens with zero attached hydrogens (tertiary/aromatic N) is 2. The molecule has 0 saturated heterocycles. The van der Waals surface area contributed by atoms with Gasteiger partial charge in [-0.15, -0.1) is 0 Å². The number of hydrazone groups is 1. The van der Waals surface area contributed by atoms with Gasteiger partial charge in [-0.25, -0.2) is 13.8 Å². The molecule has 0 radical (unpaired) electrons. The van der Waals surface area contributed by atoms with Crippen LogP contribution in [0.3, 0.4) is 0 Å². The van der Waals surface area contributed by atoms with Gasteiger partial charge in [-0.1, -0.05) is 24.6 Å². The lowest BCUT2D eigenvalue weighted by atomic mass is 9.90. The number of hydrogen-bond acceptors (Lipinski definition) is 4. The van der Waals surface area contributed by atoms with E-state index in [-0.39, 0.29) is 11.4 Å². The summed E-state index contributed by atoms with van der Waals surface area (Å²) in [5.74, 6) is 0.268. The third kappa shape index (κ3) is 4.88. The van der Waals surface area contributed by atoms with E-state index in [2.05, 4.69) is 17.5 Å². The van der Waals surface area contributed by atoms with Gasteiger partial charge in [-0.05, 0) is 50.7 Å². The fourth-order valence-corrected chi connectivity index (χ4v) is 3.69. The highest BCUT2D eigenvalue weighted by atomic mass is 32.2. The van der Waals surface area contributed by atoms with Crippen LogP contribution in [-0.4, -0.2) is 37.9 Å². The maximum atomic E-state index is 12.4. The Morgan fingerprint density at radius 2 is 1.83 bits per heavy atom. The van der Waals surface area contributed by atoms with Crippen LogP contribution in [0.1, 0.15) is 38.2 Å². The number of carbonyl (C=O) groups is 1. The van der Waals surface area contributed by atoms with Crippen LogP contribution in [0.15, 0.2) is 34.3 Å². The molecule has 0 aromatic heterocycles. The van der Waals surface area contributed by atoms with E-state index >= 15 is 0 Å². The Balaban J connectivity index is 1.93. The fourth-order valence-electron chi connectivity index (χ4n) is 2.56. The second-order valence-electron chi connectivity index (χ2n) is 6.47. The molecular weight excluding hydrogens is 326 g/mol. The van der Waals surface area contributed by atoms with Crippen molar-refractivity contribution in [1.29, 1.82) is 0 Å². The molecule has 1 aliphatic rings. The first-order chi connectivity index (χ1) is 11.3. The number of nitrogens with one attached hydrogen (secondary N) is 1. The number of benzene rings is 1. The number of rotatable bonds is 5. The lowest BCUT2D eigenvalue weighted by molar-refractivity contribution is -0.121. The molecule has 6 nitrogen and oxygen atoms in total. The van der Waals surface area contributed by atoms with Crippen LogP contribution in [0.25, 0.3) is 0 Å². The molecule has 1 aliphatic carbocycles. The average molecular weight is 351 g/mol. The molecule has 1 fully saturated rings. The van der Waals surface area contributed by atoms with Crippen molar-refractivity contribution in [2.45, 2.75) is 44.4 Å². The predicted octanol–water partition coefficient (Wildman–Crippen LogP) is 2.30. The van der Waals surface area contributed by atoms with E-state index in [1.54, 1.807) is 24.3 Å². The van der Waals surface area contributed by atoms with Gasteiger partial charge in [0.2, 0.25) is 10.0 Å². The number of amides is 1. The number of carbonyl (C=O) groups excluding carboxylic acids is 1. The summed E-state index contributed by atoms with van der Waals surface area (Å²) in [4.78, 5) is 12.1. The summed E-state index contributed by atoms with van der Waals surface area (Å²) in [6, 6.07) is 6.55. The molecule has 1 aromatic carbocycles. The molecule has 0 bridgehead atoms. The maximum Gasteiger partial charge on any atom is 0.255 e. The summed E-state index contributed by atoms with van der Waals surface area (Å²) >= 11 is 0. The van der Waals surface area contributed by atoms with Gasteiger partial charge >= 0.3 is 0 Å². The van der Waals surface area contributed by atoms with Gasteiger partial charge in [-0.3, -0.25) is 4.79 Å². The smallest absolute Gasteiger partial charge is 0.255 e. The van der Waals surface area contributed by atoms with Crippen molar-refractivity contribution >= 4 is 21.6 Å². The SMILES string of the molecule is Cc1ccc(S(=O)(=O)N(C)CC(=O)NN=C2CCC(C)CC2)cc1. The molecule has 7 heteroatoms. The minimum absolute atomic E-state index is 0.177. The van der Waals surface area contributed by atoms with E-state index in [0.29, 0.717) is 5.92 Å². The third-order valence-electron chi connectivity index (χ3n) is 4.29. The average Bonchev–Trinajstić information content (AvgIpc) is 2.54. The Bertz CT molecular complexity index is 701. The van der Waals surface area contributed by atoms with Crippen molar-refractivity contribution in [1.82, 2.24) is 9.73 Å². The molecule has 0 heterocycles. The van der Waals surface area contributed by atoms with E-state index in [1.165, 1.54) is 7.05 Å². The van der Waals surface area contributed by atoms with Crippen molar-refractivity contribution in [3.05, 3.63) is 29.8 Å². The van der Waals surface area contributed by atoms with Gasteiger partial charge in [0.1, 0.15) is 0 Å². The minimum Gasteiger partial charge on any atom is -0.272 e. The van der Waals surface area contributed by atoms with E-state index in [9.17, 15) is 13.2 Å². The highest BCUT2D eigenvalue weighted by molar-refractivity contribution is 7.89. The maximum absolute atomic E-state index is 12.4. The minimum atomic E-state index is -3.68. The van der Waals surface area contributed by atoms with Gasteiger partial charge in [-0.2, -0.15) is 9.41 Å². The monoisotopic (exact) mass is 351 g/mol. The highest BCUT2D eigenvalue weighted by Gasteiger charge is 2.23. The Morgan fingerprint density at radius 1 is 1.25 bits per heavy atom. The Kier molecular flexibility index (Phi) is 6.12. The topological polar surface area (TPSA) is 78.8 Å². The molecule has 0 atom stereocenters. The molecule has 0 spiro atoms. The molecule has 132 valence electrons. The zero-order chi connectivity index (χ0) is 17.7. The summed E-state index contributed by atoms with van der Waals surface area (Å²) in [6.45, 7) is 3.84. The second-order valence-corrected chi connectivity index (χ2v) is 8.51. The summed E-state index contributed by atoms with van der Waals surface area (Å²) < 4.78 is 25.9. The van der Waals surface area contributed by atoms with Crippen LogP contribution in [0.5, 0.6) is 0 Å².